The highest BCUT2D eigenvalue weighted by atomic mass is 16.5. The van der Waals surface area contributed by atoms with Crippen molar-refractivity contribution in [1.82, 2.24) is 10.2 Å². The van der Waals surface area contributed by atoms with Crippen LogP contribution in [0.5, 0.6) is 5.75 Å². The smallest absolute Gasteiger partial charge is 0.250 e. The number of hydrogen-bond acceptors (Lipinski definition) is 5. The first kappa shape index (κ1) is 17.7. The molecule has 0 unspecified atom stereocenters. The first-order valence-electron chi connectivity index (χ1n) is 8.13. The molecule has 1 aromatic rings. The van der Waals surface area contributed by atoms with Crippen LogP contribution in [0.2, 0.25) is 0 Å². The van der Waals surface area contributed by atoms with Crippen molar-refractivity contribution < 1.29 is 14.3 Å². The molecule has 1 amide bonds. The van der Waals surface area contributed by atoms with Crippen LogP contribution < -0.4 is 15.4 Å². The molecule has 128 valence electrons. The van der Waals surface area contributed by atoms with Gasteiger partial charge in [0.25, 0.3) is 0 Å². The van der Waals surface area contributed by atoms with Crippen molar-refractivity contribution in [3.05, 3.63) is 24.3 Å². The molecule has 0 atom stereocenters. The molecule has 1 saturated heterocycles. The lowest BCUT2D eigenvalue weighted by Gasteiger charge is -2.22. The first-order chi connectivity index (χ1) is 11.1. The Morgan fingerprint density at radius 3 is 2.61 bits per heavy atom. The summed E-state index contributed by atoms with van der Waals surface area (Å²) < 4.78 is 11.3. The molecule has 0 spiro atoms. The van der Waals surface area contributed by atoms with Gasteiger partial charge in [-0.15, -0.1) is 0 Å². The molecule has 0 bridgehead atoms. The maximum Gasteiger partial charge on any atom is 0.250 e. The van der Waals surface area contributed by atoms with E-state index in [4.69, 9.17) is 9.47 Å². The molecule has 1 aliphatic heterocycles. The van der Waals surface area contributed by atoms with Gasteiger partial charge >= 0.3 is 0 Å². The molecular weight excluding hydrogens is 294 g/mol. The summed E-state index contributed by atoms with van der Waals surface area (Å²) in [5, 5.41) is 6.11. The van der Waals surface area contributed by atoms with Gasteiger partial charge in [0.2, 0.25) is 5.91 Å². The van der Waals surface area contributed by atoms with Crippen molar-refractivity contribution in [2.75, 3.05) is 52.3 Å². The molecular formula is C17H27N3O3. The van der Waals surface area contributed by atoms with Gasteiger partial charge in [-0.05, 0) is 64.3 Å². The standard InChI is InChI=1S/C17H27N3O3/c1-20(2)11-12-22-15-5-3-14(4-6-15)19-17(21)13-23-16-7-9-18-10-8-16/h3-6,16,18H,7-13H2,1-2H3,(H,19,21). The molecule has 6 heteroatoms. The number of carbonyl (C=O) groups is 1. The lowest BCUT2D eigenvalue weighted by molar-refractivity contribution is -0.123. The van der Waals surface area contributed by atoms with Crippen molar-refractivity contribution in [2.45, 2.75) is 18.9 Å². The van der Waals surface area contributed by atoms with E-state index in [2.05, 4.69) is 15.5 Å². The van der Waals surface area contributed by atoms with Crippen molar-refractivity contribution in [2.24, 2.45) is 0 Å². The van der Waals surface area contributed by atoms with Crippen LogP contribution in [-0.2, 0) is 9.53 Å². The minimum Gasteiger partial charge on any atom is -0.492 e. The molecule has 0 aliphatic carbocycles. The van der Waals surface area contributed by atoms with Gasteiger partial charge in [-0.1, -0.05) is 0 Å². The number of ether oxygens (including phenoxy) is 2. The second kappa shape index (κ2) is 9.50. The van der Waals surface area contributed by atoms with E-state index in [0.29, 0.717) is 6.61 Å². The number of piperidine rings is 1. The van der Waals surface area contributed by atoms with Crippen LogP contribution in [-0.4, -0.2) is 63.9 Å². The monoisotopic (exact) mass is 321 g/mol. The van der Waals surface area contributed by atoms with Gasteiger partial charge in [-0.25, -0.2) is 0 Å². The molecule has 2 N–H and O–H groups in total. The maximum absolute atomic E-state index is 11.9. The summed E-state index contributed by atoms with van der Waals surface area (Å²) in [6, 6.07) is 7.40. The Balaban J connectivity index is 1.68. The number of hydrogen-bond donors (Lipinski definition) is 2. The quantitative estimate of drug-likeness (QED) is 0.756. The molecule has 1 aliphatic rings. The second-order valence-electron chi connectivity index (χ2n) is 5.98. The number of likely N-dealkylation sites (N-methyl/N-ethyl adjacent to an activating group) is 1. The second-order valence-corrected chi connectivity index (χ2v) is 5.98. The van der Waals surface area contributed by atoms with Crippen LogP contribution in [0.3, 0.4) is 0 Å². The third-order valence-corrected chi connectivity index (χ3v) is 3.68. The first-order valence-corrected chi connectivity index (χ1v) is 8.13. The van der Waals surface area contributed by atoms with Gasteiger partial charge in [0.05, 0.1) is 6.10 Å². The zero-order valence-electron chi connectivity index (χ0n) is 14.0. The van der Waals surface area contributed by atoms with E-state index in [1.54, 1.807) is 0 Å². The topological polar surface area (TPSA) is 62.8 Å². The van der Waals surface area contributed by atoms with E-state index in [1.165, 1.54) is 0 Å². The summed E-state index contributed by atoms with van der Waals surface area (Å²) in [6.07, 6.45) is 2.12. The van der Waals surface area contributed by atoms with Gasteiger partial charge in [0.15, 0.2) is 0 Å². The molecule has 1 heterocycles. The Hall–Kier alpha value is -1.63. The summed E-state index contributed by atoms with van der Waals surface area (Å²) in [4.78, 5) is 14.0. The fourth-order valence-corrected chi connectivity index (χ4v) is 2.33. The predicted molar refractivity (Wildman–Crippen MR) is 91.0 cm³/mol. The van der Waals surface area contributed by atoms with Crippen LogP contribution in [0.1, 0.15) is 12.8 Å². The van der Waals surface area contributed by atoms with Crippen molar-refractivity contribution >= 4 is 11.6 Å². The van der Waals surface area contributed by atoms with E-state index < -0.39 is 0 Å². The number of anilines is 1. The van der Waals surface area contributed by atoms with Gasteiger partial charge < -0.3 is 25.0 Å². The number of benzene rings is 1. The molecule has 0 saturated carbocycles. The minimum atomic E-state index is -0.121. The van der Waals surface area contributed by atoms with Gasteiger partial charge in [0, 0.05) is 12.2 Å². The molecule has 1 fully saturated rings. The van der Waals surface area contributed by atoms with Crippen LogP contribution in [0.4, 0.5) is 5.69 Å². The zero-order valence-corrected chi connectivity index (χ0v) is 14.0. The molecule has 23 heavy (non-hydrogen) atoms. The van der Waals surface area contributed by atoms with Crippen LogP contribution in [0, 0.1) is 0 Å². The molecule has 0 aromatic heterocycles. The predicted octanol–water partition coefficient (Wildman–Crippen LogP) is 1.33. The Labute approximate surface area is 138 Å². The highest BCUT2D eigenvalue weighted by Gasteiger charge is 2.14. The Kier molecular flexibility index (Phi) is 7.32. The highest BCUT2D eigenvalue weighted by Crippen LogP contribution is 2.16. The largest absolute Gasteiger partial charge is 0.492 e. The lowest BCUT2D eigenvalue weighted by Crippen LogP contribution is -2.34. The Morgan fingerprint density at radius 1 is 1.26 bits per heavy atom. The van der Waals surface area contributed by atoms with Gasteiger partial charge in [-0.3, -0.25) is 4.79 Å². The number of amides is 1. The van der Waals surface area contributed by atoms with E-state index in [9.17, 15) is 4.79 Å². The Morgan fingerprint density at radius 2 is 1.96 bits per heavy atom. The van der Waals surface area contributed by atoms with Crippen molar-refractivity contribution in [1.29, 1.82) is 0 Å². The highest BCUT2D eigenvalue weighted by molar-refractivity contribution is 5.91. The van der Waals surface area contributed by atoms with Crippen molar-refractivity contribution in [3.63, 3.8) is 0 Å². The van der Waals surface area contributed by atoms with Gasteiger partial charge in [-0.2, -0.15) is 0 Å². The fraction of sp³-hybridized carbons (Fsp3) is 0.588. The summed E-state index contributed by atoms with van der Waals surface area (Å²) in [5.41, 5.74) is 0.754. The van der Waals surface area contributed by atoms with E-state index in [0.717, 1.165) is 43.9 Å². The van der Waals surface area contributed by atoms with Crippen molar-refractivity contribution in [3.8, 4) is 5.75 Å². The van der Waals surface area contributed by atoms with E-state index in [1.807, 2.05) is 38.4 Å². The lowest BCUT2D eigenvalue weighted by atomic mass is 10.1. The van der Waals surface area contributed by atoms with Crippen LogP contribution >= 0.6 is 0 Å². The van der Waals surface area contributed by atoms with E-state index >= 15 is 0 Å². The normalized spacial score (nSPS) is 15.6. The summed E-state index contributed by atoms with van der Waals surface area (Å²) in [5.74, 6) is 0.681. The average Bonchev–Trinajstić information content (AvgIpc) is 2.55. The molecule has 2 rings (SSSR count). The third kappa shape index (κ3) is 6.99. The summed E-state index contributed by atoms with van der Waals surface area (Å²) in [7, 11) is 4.02. The molecule has 1 aromatic carbocycles. The maximum atomic E-state index is 11.9. The number of nitrogens with zero attached hydrogens (tertiary/aromatic N) is 1. The molecule has 0 radical (unpaired) electrons. The fourth-order valence-electron chi connectivity index (χ4n) is 2.33. The van der Waals surface area contributed by atoms with E-state index in [-0.39, 0.29) is 18.6 Å². The number of nitrogens with one attached hydrogen (secondary N) is 2. The third-order valence-electron chi connectivity index (χ3n) is 3.68. The average molecular weight is 321 g/mol. The number of rotatable bonds is 8. The molecule has 6 nitrogen and oxygen atoms in total. The SMILES string of the molecule is CN(C)CCOc1ccc(NC(=O)COC2CCNCC2)cc1. The summed E-state index contributed by atoms with van der Waals surface area (Å²) >= 11 is 0. The van der Waals surface area contributed by atoms with Gasteiger partial charge in [0.1, 0.15) is 19.0 Å². The zero-order chi connectivity index (χ0) is 16.5. The van der Waals surface area contributed by atoms with Crippen LogP contribution in [0.15, 0.2) is 24.3 Å². The summed E-state index contributed by atoms with van der Waals surface area (Å²) in [6.45, 7) is 3.53. The Bertz CT molecular complexity index is 470. The van der Waals surface area contributed by atoms with Crippen LogP contribution in [0.25, 0.3) is 0 Å². The number of carbonyl (C=O) groups excluding carboxylic acids is 1. The minimum absolute atomic E-state index is 0.103.